The van der Waals surface area contributed by atoms with Crippen LogP contribution in [0.25, 0.3) is 0 Å². The number of carboxylic acid groups (broad SMARTS) is 1. The molecule has 0 aromatic heterocycles. The fraction of sp³-hybridized carbons (Fsp3) is 0.231. The molecule has 0 spiro atoms. The molecule has 4 rings (SSSR count). The van der Waals surface area contributed by atoms with Crippen LogP contribution in [0, 0.1) is 12.7 Å². The molecule has 1 atom stereocenters. The quantitative estimate of drug-likeness (QED) is 0.483. The van der Waals surface area contributed by atoms with Gasteiger partial charge in [-0.25, -0.2) is 9.18 Å². The molecule has 0 saturated heterocycles. The smallest absolute Gasteiger partial charge is 0.379 e. The maximum absolute atomic E-state index is 14.9. The zero-order valence-electron chi connectivity index (χ0n) is 19.4. The number of alkyl halides is 2. The number of carbonyl (C=O) groups excluding carboxylic acids is 1. The molecule has 36 heavy (non-hydrogen) atoms. The van der Waals surface area contributed by atoms with Gasteiger partial charge in [0.05, 0.1) is 17.8 Å². The van der Waals surface area contributed by atoms with Gasteiger partial charge in [-0.2, -0.15) is 8.78 Å². The monoisotopic (exact) mass is 500 g/mol. The summed E-state index contributed by atoms with van der Waals surface area (Å²) in [5.74, 6) is -7.27. The summed E-state index contributed by atoms with van der Waals surface area (Å²) < 4.78 is 54.2. The van der Waals surface area contributed by atoms with Gasteiger partial charge >= 0.3 is 11.9 Å². The fourth-order valence-corrected chi connectivity index (χ4v) is 3.96. The van der Waals surface area contributed by atoms with Gasteiger partial charge in [0, 0.05) is 24.4 Å². The number of carboxylic acids is 1. The third-order valence-corrected chi connectivity index (χ3v) is 5.72. The zero-order valence-corrected chi connectivity index (χ0v) is 19.4. The maximum atomic E-state index is 14.9. The Morgan fingerprint density at radius 2 is 1.92 bits per heavy atom. The molecule has 1 aliphatic heterocycles. The minimum Gasteiger partial charge on any atom is -0.490 e. The second-order valence-electron chi connectivity index (χ2n) is 8.41. The molecule has 1 amide bonds. The van der Waals surface area contributed by atoms with Gasteiger partial charge in [-0.05, 0) is 42.8 Å². The van der Waals surface area contributed by atoms with Gasteiger partial charge in [-0.3, -0.25) is 4.79 Å². The lowest BCUT2D eigenvalue weighted by Crippen LogP contribution is -2.41. The lowest BCUT2D eigenvalue weighted by atomic mass is 10.1. The summed E-state index contributed by atoms with van der Waals surface area (Å²) in [5, 5.41) is 11.1. The van der Waals surface area contributed by atoms with Gasteiger partial charge < -0.3 is 24.8 Å². The van der Waals surface area contributed by atoms with E-state index in [9.17, 15) is 22.8 Å². The van der Waals surface area contributed by atoms with Crippen molar-refractivity contribution in [1.82, 2.24) is 0 Å². The number of aliphatic carboxylic acids is 1. The largest absolute Gasteiger partial charge is 0.490 e. The van der Waals surface area contributed by atoms with E-state index in [0.29, 0.717) is 6.54 Å². The van der Waals surface area contributed by atoms with Crippen LogP contribution in [0.3, 0.4) is 0 Å². The van der Waals surface area contributed by atoms with Gasteiger partial charge in [-0.1, -0.05) is 24.3 Å². The molecule has 3 aromatic rings. The number of carbonyl (C=O) groups is 2. The second kappa shape index (κ2) is 9.80. The predicted octanol–water partition coefficient (Wildman–Crippen LogP) is 4.84. The van der Waals surface area contributed by atoms with Crippen LogP contribution in [0.15, 0.2) is 60.7 Å². The third-order valence-electron chi connectivity index (χ3n) is 5.72. The molecule has 7 nitrogen and oxygen atoms in total. The molecule has 0 radical (unpaired) electrons. The molecule has 0 bridgehead atoms. The number of benzene rings is 3. The van der Waals surface area contributed by atoms with E-state index in [1.807, 2.05) is 36.2 Å². The van der Waals surface area contributed by atoms with Crippen LogP contribution < -0.4 is 19.7 Å². The topological polar surface area (TPSA) is 88.1 Å². The molecule has 1 heterocycles. The number of hydrogen-bond acceptors (Lipinski definition) is 5. The minimum absolute atomic E-state index is 0.101. The van der Waals surface area contributed by atoms with E-state index in [1.54, 1.807) is 0 Å². The number of nitrogens with one attached hydrogen (secondary N) is 1. The van der Waals surface area contributed by atoms with Crippen LogP contribution in [0.2, 0.25) is 0 Å². The maximum Gasteiger partial charge on any atom is 0.379 e. The summed E-state index contributed by atoms with van der Waals surface area (Å²) in [6, 6.07) is 14.4. The van der Waals surface area contributed by atoms with Crippen LogP contribution in [0.4, 0.5) is 24.5 Å². The molecular weight excluding hydrogens is 477 g/mol. The van der Waals surface area contributed by atoms with E-state index in [1.165, 1.54) is 25.1 Å². The molecule has 0 aliphatic carbocycles. The number of likely N-dealkylation sites (N-methyl/N-ethyl adjacent to an activating group) is 1. The first-order valence-electron chi connectivity index (χ1n) is 11.0. The number of anilines is 2. The van der Waals surface area contributed by atoms with Crippen molar-refractivity contribution in [2.75, 3.05) is 30.4 Å². The lowest BCUT2D eigenvalue weighted by molar-refractivity contribution is -0.166. The van der Waals surface area contributed by atoms with Crippen LogP contribution in [0.1, 0.15) is 21.5 Å². The van der Waals surface area contributed by atoms with E-state index in [-0.39, 0.29) is 35.3 Å². The Morgan fingerprint density at radius 1 is 1.17 bits per heavy atom. The van der Waals surface area contributed by atoms with Gasteiger partial charge in [-0.15, -0.1) is 0 Å². The van der Waals surface area contributed by atoms with Crippen molar-refractivity contribution in [3.05, 3.63) is 83.2 Å². The Hall–Kier alpha value is -4.21. The normalized spacial score (nSPS) is 15.0. The Morgan fingerprint density at radius 3 is 2.64 bits per heavy atom. The van der Waals surface area contributed by atoms with Crippen LogP contribution in [0.5, 0.6) is 11.5 Å². The first-order valence-corrected chi connectivity index (χ1v) is 11.0. The average Bonchev–Trinajstić information content (AvgIpc) is 2.82. The third kappa shape index (κ3) is 5.07. The first kappa shape index (κ1) is 24.9. The first-order chi connectivity index (χ1) is 17.1. The molecule has 10 heteroatoms. The molecule has 0 saturated carbocycles. The average molecular weight is 500 g/mol. The number of ether oxygens (including phenoxy) is 2. The van der Waals surface area contributed by atoms with Gasteiger partial charge in [0.25, 0.3) is 5.91 Å². The van der Waals surface area contributed by atoms with Crippen molar-refractivity contribution in [3.8, 4) is 11.5 Å². The molecule has 2 N–H and O–H groups in total. The van der Waals surface area contributed by atoms with Gasteiger partial charge in [0.2, 0.25) is 0 Å². The Kier molecular flexibility index (Phi) is 6.78. The van der Waals surface area contributed by atoms with Crippen molar-refractivity contribution < 1.29 is 37.3 Å². The number of fused-ring (bicyclic) bond motifs is 1. The number of aryl methyl sites for hydroxylation is 1. The number of hydrogen-bond donors (Lipinski definition) is 2. The number of halogens is 3. The van der Waals surface area contributed by atoms with E-state index >= 15 is 0 Å². The Balaban J connectivity index is 1.44. The van der Waals surface area contributed by atoms with Crippen molar-refractivity contribution in [2.24, 2.45) is 0 Å². The highest BCUT2D eigenvalue weighted by molar-refractivity contribution is 6.05. The molecule has 188 valence electrons. The number of amides is 1. The Labute approximate surface area is 205 Å². The molecular formula is C26H23F3N2O5. The highest BCUT2D eigenvalue weighted by atomic mass is 19.3. The number of rotatable bonds is 7. The number of para-hydroxylation sites is 2. The molecule has 0 unspecified atom stereocenters. The van der Waals surface area contributed by atoms with E-state index in [0.717, 1.165) is 29.6 Å². The SMILES string of the molecule is Cc1cc(OC[C@@H]2CN(C)c3ccccc3O2)cc(F)c1C(=O)Nc1cccc(C(F)(F)C(=O)O)c1. The van der Waals surface area contributed by atoms with Crippen molar-refractivity contribution in [3.63, 3.8) is 0 Å². The highest BCUT2D eigenvalue weighted by Gasteiger charge is 2.41. The van der Waals surface area contributed by atoms with E-state index < -0.39 is 29.2 Å². The van der Waals surface area contributed by atoms with Gasteiger partial charge in [0.15, 0.2) is 0 Å². The van der Waals surface area contributed by atoms with E-state index in [4.69, 9.17) is 14.6 Å². The molecule has 0 fully saturated rings. The lowest BCUT2D eigenvalue weighted by Gasteiger charge is -2.33. The summed E-state index contributed by atoms with van der Waals surface area (Å²) >= 11 is 0. The number of nitrogens with zero attached hydrogens (tertiary/aromatic N) is 1. The summed E-state index contributed by atoms with van der Waals surface area (Å²) in [5.41, 5.74) is 0.0217. The predicted molar refractivity (Wildman–Crippen MR) is 127 cm³/mol. The van der Waals surface area contributed by atoms with E-state index in [2.05, 4.69) is 5.32 Å². The summed E-state index contributed by atoms with van der Waals surface area (Å²) in [6.07, 6.45) is -0.299. The summed E-state index contributed by atoms with van der Waals surface area (Å²) in [7, 11) is 1.93. The summed E-state index contributed by atoms with van der Waals surface area (Å²) in [6.45, 7) is 2.23. The highest BCUT2D eigenvalue weighted by Crippen LogP contribution is 2.33. The van der Waals surface area contributed by atoms with Crippen molar-refractivity contribution in [2.45, 2.75) is 19.0 Å². The van der Waals surface area contributed by atoms with Crippen LogP contribution in [-0.4, -0.2) is 43.3 Å². The summed E-state index contributed by atoms with van der Waals surface area (Å²) in [4.78, 5) is 25.5. The fourth-order valence-electron chi connectivity index (χ4n) is 3.96. The zero-order chi connectivity index (χ0) is 26.0. The van der Waals surface area contributed by atoms with Gasteiger partial charge in [0.1, 0.15) is 30.0 Å². The second-order valence-corrected chi connectivity index (χ2v) is 8.41. The van der Waals surface area contributed by atoms with Crippen LogP contribution in [-0.2, 0) is 10.7 Å². The molecule has 3 aromatic carbocycles. The van der Waals surface area contributed by atoms with Crippen molar-refractivity contribution in [1.29, 1.82) is 0 Å². The van der Waals surface area contributed by atoms with Crippen LogP contribution >= 0.6 is 0 Å². The molecule has 1 aliphatic rings. The van der Waals surface area contributed by atoms with Crippen molar-refractivity contribution >= 4 is 23.3 Å². The minimum atomic E-state index is -4.14. The standard InChI is InChI=1S/C26H23F3N2O5/c1-15-10-18(35-14-19-13-31(2)21-8-3-4-9-22(21)36-19)12-20(27)23(15)24(32)30-17-7-5-6-16(11-17)26(28,29)25(33)34/h3-12,19H,13-14H2,1-2H3,(H,30,32)(H,33,34)/t19-/m0/s1. The Bertz CT molecular complexity index is 1290.